The molecule has 0 spiro atoms. The number of hydrogen-bond acceptors (Lipinski definition) is 3. The Bertz CT molecular complexity index is 544. The van der Waals surface area contributed by atoms with Crippen LogP contribution in [0.15, 0.2) is 35.5 Å². The number of fused-ring (bicyclic) bond motifs is 2. The standard InChI is InChI=1S/C16H21N3O2/c17-15(19-21)14(11-4-2-1-3-5-11)18-16(20)13-9-10-6-7-12(13)8-10/h1-5,10,12-14,21H,6-9H2,(H2,17,19)(H,18,20). The molecule has 0 saturated heterocycles. The molecule has 2 fully saturated rings. The van der Waals surface area contributed by atoms with Crippen LogP contribution in [0.4, 0.5) is 0 Å². The molecule has 2 aliphatic rings. The van der Waals surface area contributed by atoms with Crippen molar-refractivity contribution in [2.45, 2.75) is 31.7 Å². The van der Waals surface area contributed by atoms with Crippen LogP contribution >= 0.6 is 0 Å². The minimum atomic E-state index is -0.567. The summed E-state index contributed by atoms with van der Waals surface area (Å²) in [6.07, 6.45) is 4.57. The normalized spacial score (nSPS) is 29.3. The maximum absolute atomic E-state index is 12.5. The molecule has 1 aromatic rings. The molecule has 4 atom stereocenters. The fourth-order valence-electron chi connectivity index (χ4n) is 3.85. The van der Waals surface area contributed by atoms with Gasteiger partial charge in [-0.3, -0.25) is 4.79 Å². The van der Waals surface area contributed by atoms with E-state index in [0.29, 0.717) is 11.8 Å². The van der Waals surface area contributed by atoms with E-state index < -0.39 is 6.04 Å². The predicted molar refractivity (Wildman–Crippen MR) is 79.7 cm³/mol. The molecule has 2 saturated carbocycles. The van der Waals surface area contributed by atoms with Crippen LogP contribution in [0.25, 0.3) is 0 Å². The Labute approximate surface area is 124 Å². The number of oxime groups is 1. The Morgan fingerprint density at radius 2 is 2.05 bits per heavy atom. The molecule has 4 unspecified atom stereocenters. The van der Waals surface area contributed by atoms with E-state index in [0.717, 1.165) is 18.4 Å². The molecular weight excluding hydrogens is 266 g/mol. The molecule has 0 radical (unpaired) electrons. The van der Waals surface area contributed by atoms with Crippen LogP contribution in [-0.2, 0) is 4.79 Å². The lowest BCUT2D eigenvalue weighted by Crippen LogP contribution is -2.41. The molecule has 112 valence electrons. The van der Waals surface area contributed by atoms with Gasteiger partial charge in [0.15, 0.2) is 5.84 Å². The Kier molecular flexibility index (Phi) is 3.82. The van der Waals surface area contributed by atoms with Crippen LogP contribution in [0, 0.1) is 17.8 Å². The van der Waals surface area contributed by atoms with Crippen LogP contribution in [0.2, 0.25) is 0 Å². The number of nitrogens with one attached hydrogen (secondary N) is 1. The van der Waals surface area contributed by atoms with Gasteiger partial charge in [0.25, 0.3) is 0 Å². The number of hydrogen-bond donors (Lipinski definition) is 3. The highest BCUT2D eigenvalue weighted by molar-refractivity contribution is 5.91. The third-order valence-corrected chi connectivity index (χ3v) is 4.91. The van der Waals surface area contributed by atoms with Gasteiger partial charge in [-0.05, 0) is 36.7 Å². The van der Waals surface area contributed by atoms with E-state index in [-0.39, 0.29) is 17.7 Å². The summed E-state index contributed by atoms with van der Waals surface area (Å²) >= 11 is 0. The second-order valence-corrected chi connectivity index (χ2v) is 6.16. The maximum Gasteiger partial charge on any atom is 0.224 e. The molecule has 5 nitrogen and oxygen atoms in total. The first-order chi connectivity index (χ1) is 10.2. The van der Waals surface area contributed by atoms with Crippen molar-refractivity contribution in [3.05, 3.63) is 35.9 Å². The van der Waals surface area contributed by atoms with E-state index in [9.17, 15) is 4.79 Å². The van der Waals surface area contributed by atoms with E-state index in [4.69, 9.17) is 10.9 Å². The van der Waals surface area contributed by atoms with Gasteiger partial charge in [0.1, 0.15) is 6.04 Å². The van der Waals surface area contributed by atoms with Crippen molar-refractivity contribution >= 4 is 11.7 Å². The molecule has 21 heavy (non-hydrogen) atoms. The summed E-state index contributed by atoms with van der Waals surface area (Å²) in [4.78, 5) is 12.5. The van der Waals surface area contributed by atoms with E-state index in [1.165, 1.54) is 12.8 Å². The third-order valence-electron chi connectivity index (χ3n) is 4.91. The molecule has 1 amide bonds. The lowest BCUT2D eigenvalue weighted by Gasteiger charge is -2.24. The van der Waals surface area contributed by atoms with Gasteiger partial charge in [0.2, 0.25) is 5.91 Å². The molecule has 0 heterocycles. The SMILES string of the molecule is N/C(=N\O)C(NC(=O)C1CC2CCC1C2)c1ccccc1. The smallest absolute Gasteiger partial charge is 0.224 e. The highest BCUT2D eigenvalue weighted by atomic mass is 16.4. The molecule has 3 rings (SSSR count). The summed E-state index contributed by atoms with van der Waals surface area (Å²) in [7, 11) is 0. The average molecular weight is 287 g/mol. The van der Waals surface area contributed by atoms with Crippen LogP contribution in [0.3, 0.4) is 0 Å². The number of rotatable bonds is 4. The first-order valence-electron chi connectivity index (χ1n) is 7.51. The molecule has 0 aromatic heterocycles. The number of benzene rings is 1. The van der Waals surface area contributed by atoms with Crippen LogP contribution in [0.5, 0.6) is 0 Å². The van der Waals surface area contributed by atoms with Crippen LogP contribution < -0.4 is 11.1 Å². The molecule has 0 aliphatic heterocycles. The number of amides is 1. The van der Waals surface area contributed by atoms with Gasteiger partial charge in [-0.25, -0.2) is 0 Å². The van der Waals surface area contributed by atoms with E-state index in [1.54, 1.807) is 0 Å². The van der Waals surface area contributed by atoms with Gasteiger partial charge in [0.05, 0.1) is 0 Å². The van der Waals surface area contributed by atoms with Crippen molar-refractivity contribution in [2.24, 2.45) is 28.6 Å². The van der Waals surface area contributed by atoms with Gasteiger partial charge >= 0.3 is 0 Å². The van der Waals surface area contributed by atoms with E-state index in [1.807, 2.05) is 30.3 Å². The minimum Gasteiger partial charge on any atom is -0.409 e. The van der Waals surface area contributed by atoms with Crippen molar-refractivity contribution in [1.29, 1.82) is 0 Å². The summed E-state index contributed by atoms with van der Waals surface area (Å²) in [6, 6.07) is 8.80. The number of carbonyl (C=O) groups is 1. The third kappa shape index (κ3) is 2.73. The second kappa shape index (κ2) is 5.76. The first-order valence-corrected chi connectivity index (χ1v) is 7.51. The number of carbonyl (C=O) groups excluding carboxylic acids is 1. The number of amidine groups is 1. The zero-order valence-corrected chi connectivity index (χ0v) is 11.9. The first kappa shape index (κ1) is 13.9. The second-order valence-electron chi connectivity index (χ2n) is 6.16. The number of nitrogens with two attached hydrogens (primary N) is 1. The summed E-state index contributed by atoms with van der Waals surface area (Å²) < 4.78 is 0. The van der Waals surface area contributed by atoms with Crippen LogP contribution in [0.1, 0.15) is 37.3 Å². The topological polar surface area (TPSA) is 87.7 Å². The Hall–Kier alpha value is -2.04. The van der Waals surface area contributed by atoms with E-state index in [2.05, 4.69) is 10.5 Å². The summed E-state index contributed by atoms with van der Waals surface area (Å²) in [6.45, 7) is 0. The van der Waals surface area contributed by atoms with Gasteiger partial charge in [0, 0.05) is 5.92 Å². The summed E-state index contributed by atoms with van der Waals surface area (Å²) in [5.41, 5.74) is 6.58. The maximum atomic E-state index is 12.5. The predicted octanol–water partition coefficient (Wildman–Crippen LogP) is 2.03. The summed E-state index contributed by atoms with van der Waals surface area (Å²) in [5.74, 6) is 1.35. The molecule has 2 bridgehead atoms. The van der Waals surface area contributed by atoms with Crippen molar-refractivity contribution < 1.29 is 10.0 Å². The zero-order chi connectivity index (χ0) is 14.8. The zero-order valence-electron chi connectivity index (χ0n) is 11.9. The van der Waals surface area contributed by atoms with Gasteiger partial charge in [-0.15, -0.1) is 0 Å². The Morgan fingerprint density at radius 3 is 2.62 bits per heavy atom. The van der Waals surface area contributed by atoms with Crippen molar-refractivity contribution in [3.63, 3.8) is 0 Å². The van der Waals surface area contributed by atoms with Crippen molar-refractivity contribution in [1.82, 2.24) is 5.32 Å². The van der Waals surface area contributed by atoms with Crippen molar-refractivity contribution in [3.8, 4) is 0 Å². The average Bonchev–Trinajstić information content (AvgIpc) is 3.15. The molecule has 4 N–H and O–H groups in total. The lowest BCUT2D eigenvalue weighted by molar-refractivity contribution is -0.126. The Morgan fingerprint density at radius 1 is 1.29 bits per heavy atom. The summed E-state index contributed by atoms with van der Waals surface area (Å²) in [5, 5.41) is 15.0. The fourth-order valence-corrected chi connectivity index (χ4v) is 3.85. The largest absolute Gasteiger partial charge is 0.409 e. The number of nitrogens with zero attached hydrogens (tertiary/aromatic N) is 1. The van der Waals surface area contributed by atoms with Gasteiger partial charge in [-0.2, -0.15) is 0 Å². The van der Waals surface area contributed by atoms with Crippen LogP contribution in [-0.4, -0.2) is 17.0 Å². The minimum absolute atomic E-state index is 0.0118. The molecule has 2 aliphatic carbocycles. The van der Waals surface area contributed by atoms with Gasteiger partial charge in [-0.1, -0.05) is 41.9 Å². The Balaban J connectivity index is 1.74. The monoisotopic (exact) mass is 287 g/mol. The molecular formula is C16H21N3O2. The fraction of sp³-hybridized carbons (Fsp3) is 0.500. The molecule has 1 aromatic carbocycles. The highest BCUT2D eigenvalue weighted by Crippen LogP contribution is 2.48. The quantitative estimate of drug-likeness (QED) is 0.343. The van der Waals surface area contributed by atoms with Gasteiger partial charge < -0.3 is 16.3 Å². The lowest BCUT2D eigenvalue weighted by atomic mass is 9.88. The van der Waals surface area contributed by atoms with Crippen molar-refractivity contribution in [2.75, 3.05) is 0 Å². The highest BCUT2D eigenvalue weighted by Gasteiger charge is 2.43. The molecule has 5 heteroatoms. The van der Waals surface area contributed by atoms with E-state index >= 15 is 0 Å².